The molecule has 1 heterocycles. The van der Waals surface area contributed by atoms with Crippen molar-refractivity contribution in [1.82, 2.24) is 0 Å². The van der Waals surface area contributed by atoms with Crippen molar-refractivity contribution in [3.8, 4) is 0 Å². The second-order valence-electron chi connectivity index (χ2n) is 5.75. The summed E-state index contributed by atoms with van der Waals surface area (Å²) in [5.74, 6) is -0.361. The summed E-state index contributed by atoms with van der Waals surface area (Å²) in [7, 11) is -3.28. The molecule has 124 valence electrons. The Morgan fingerprint density at radius 1 is 1.17 bits per heavy atom. The van der Waals surface area contributed by atoms with Crippen molar-refractivity contribution in [3.63, 3.8) is 0 Å². The summed E-state index contributed by atoms with van der Waals surface area (Å²) in [5, 5.41) is 1.72. The molecule has 0 N–H and O–H groups in total. The highest BCUT2D eigenvalue weighted by atomic mass is 35.5. The van der Waals surface area contributed by atoms with Gasteiger partial charge in [-0.05, 0) is 49.4 Å². The number of carbonyl (C=O) groups is 1. The predicted octanol–water partition coefficient (Wildman–Crippen LogP) is 3.61. The summed E-state index contributed by atoms with van der Waals surface area (Å²) in [6.07, 6.45) is 1.55. The molecule has 0 fully saturated rings. The van der Waals surface area contributed by atoms with Crippen LogP contribution in [0.3, 0.4) is 0 Å². The van der Waals surface area contributed by atoms with E-state index in [1.54, 1.807) is 42.5 Å². The lowest BCUT2D eigenvalue weighted by molar-refractivity contribution is 0.0983. The van der Waals surface area contributed by atoms with Crippen LogP contribution in [-0.4, -0.2) is 26.1 Å². The van der Waals surface area contributed by atoms with Gasteiger partial charge in [0, 0.05) is 21.7 Å². The van der Waals surface area contributed by atoms with E-state index in [9.17, 15) is 13.2 Å². The van der Waals surface area contributed by atoms with Crippen molar-refractivity contribution in [2.75, 3.05) is 10.7 Å². The Morgan fingerprint density at radius 2 is 1.88 bits per heavy atom. The number of rotatable bonds is 3. The number of carbonyl (C=O) groups excluding carboxylic acids is 1. The number of sulfone groups is 1. The summed E-state index contributed by atoms with van der Waals surface area (Å²) in [4.78, 5) is 14.6. The zero-order chi connectivity index (χ0) is 17.3. The fourth-order valence-corrected chi connectivity index (χ4v) is 4.09. The molecule has 0 bridgehead atoms. The van der Waals surface area contributed by atoms with Crippen LogP contribution in [0, 0.1) is 6.92 Å². The second-order valence-corrected chi connectivity index (χ2v) is 8.11. The zero-order valence-electron chi connectivity index (χ0n) is 13.0. The van der Waals surface area contributed by atoms with Crippen LogP contribution >= 0.6 is 11.6 Å². The average molecular weight is 362 g/mol. The van der Waals surface area contributed by atoms with E-state index < -0.39 is 15.9 Å². The Morgan fingerprint density at radius 3 is 2.46 bits per heavy atom. The molecule has 0 radical (unpaired) electrons. The summed E-state index contributed by atoms with van der Waals surface area (Å²) in [5.41, 5.74) is 2.09. The number of aryl methyl sites for hydroxylation is 1. The molecule has 1 aliphatic rings. The molecule has 1 unspecified atom stereocenters. The highest BCUT2D eigenvalue weighted by Gasteiger charge is 2.32. The first-order valence-electron chi connectivity index (χ1n) is 7.42. The Labute approximate surface area is 146 Å². The molecule has 1 atom stereocenters. The Kier molecular flexibility index (Phi) is 4.47. The Hall–Kier alpha value is -2.11. The third kappa shape index (κ3) is 3.52. The van der Waals surface area contributed by atoms with Gasteiger partial charge in [-0.2, -0.15) is 0 Å². The van der Waals surface area contributed by atoms with Gasteiger partial charge in [-0.1, -0.05) is 29.3 Å². The van der Waals surface area contributed by atoms with Crippen molar-refractivity contribution in [3.05, 3.63) is 76.2 Å². The number of hydrogen-bond donors (Lipinski definition) is 0. The molecule has 3 rings (SSSR count). The van der Waals surface area contributed by atoms with Crippen LogP contribution in [0.25, 0.3) is 0 Å². The topological polar surface area (TPSA) is 54.5 Å². The minimum absolute atomic E-state index is 0.118. The number of hydrogen-bond acceptors (Lipinski definition) is 3. The summed E-state index contributed by atoms with van der Waals surface area (Å²) in [6.45, 7) is 1.91. The van der Waals surface area contributed by atoms with E-state index in [0.29, 0.717) is 16.3 Å². The van der Waals surface area contributed by atoms with Gasteiger partial charge < -0.3 is 4.90 Å². The molecule has 4 nitrogen and oxygen atoms in total. The molecule has 6 heteroatoms. The molecule has 2 aromatic rings. The van der Waals surface area contributed by atoms with Crippen LogP contribution in [0.4, 0.5) is 5.69 Å². The maximum absolute atomic E-state index is 13.0. The highest BCUT2D eigenvalue weighted by Crippen LogP contribution is 2.26. The third-order valence-corrected chi connectivity index (χ3v) is 5.46. The van der Waals surface area contributed by atoms with Gasteiger partial charge in [-0.15, -0.1) is 0 Å². The van der Waals surface area contributed by atoms with E-state index in [2.05, 4.69) is 0 Å². The van der Waals surface area contributed by atoms with Crippen LogP contribution in [0.15, 0.2) is 60.0 Å². The van der Waals surface area contributed by atoms with Gasteiger partial charge in [-0.3, -0.25) is 4.79 Å². The SMILES string of the molecule is Cc1cccc(C(=O)N(c2ccc(Cl)cc2)C2C=CS(=O)(=O)C2)c1. The minimum Gasteiger partial charge on any atom is -0.300 e. The smallest absolute Gasteiger partial charge is 0.258 e. The van der Waals surface area contributed by atoms with Crippen molar-refractivity contribution < 1.29 is 13.2 Å². The first-order valence-corrected chi connectivity index (χ1v) is 9.52. The third-order valence-electron chi connectivity index (χ3n) is 3.83. The first kappa shape index (κ1) is 16.7. The van der Waals surface area contributed by atoms with Crippen LogP contribution in [-0.2, 0) is 9.84 Å². The Balaban J connectivity index is 2.03. The van der Waals surface area contributed by atoms with E-state index >= 15 is 0 Å². The largest absolute Gasteiger partial charge is 0.300 e. The van der Waals surface area contributed by atoms with E-state index in [1.165, 1.54) is 10.3 Å². The molecule has 0 saturated heterocycles. The number of nitrogens with zero attached hydrogens (tertiary/aromatic N) is 1. The number of halogens is 1. The summed E-state index contributed by atoms with van der Waals surface area (Å²) < 4.78 is 23.6. The van der Waals surface area contributed by atoms with Gasteiger partial charge in [0.2, 0.25) is 0 Å². The van der Waals surface area contributed by atoms with Gasteiger partial charge in [-0.25, -0.2) is 8.42 Å². The summed E-state index contributed by atoms with van der Waals surface area (Å²) >= 11 is 5.93. The lowest BCUT2D eigenvalue weighted by atomic mass is 10.1. The maximum Gasteiger partial charge on any atom is 0.258 e. The van der Waals surface area contributed by atoms with E-state index in [1.807, 2.05) is 19.1 Å². The fourth-order valence-electron chi connectivity index (χ4n) is 2.70. The van der Waals surface area contributed by atoms with E-state index in [4.69, 9.17) is 11.6 Å². The molecule has 1 aliphatic heterocycles. The Bertz CT molecular complexity index is 904. The van der Waals surface area contributed by atoms with Gasteiger partial charge >= 0.3 is 0 Å². The molecule has 24 heavy (non-hydrogen) atoms. The normalized spacial score (nSPS) is 18.5. The highest BCUT2D eigenvalue weighted by molar-refractivity contribution is 7.94. The van der Waals surface area contributed by atoms with Crippen LogP contribution < -0.4 is 4.90 Å². The van der Waals surface area contributed by atoms with Crippen molar-refractivity contribution in [1.29, 1.82) is 0 Å². The van der Waals surface area contributed by atoms with Crippen molar-refractivity contribution in [2.24, 2.45) is 0 Å². The molecule has 0 aromatic heterocycles. The molecule has 0 saturated carbocycles. The van der Waals surface area contributed by atoms with Crippen LogP contribution in [0.5, 0.6) is 0 Å². The second kappa shape index (κ2) is 6.42. The van der Waals surface area contributed by atoms with Crippen molar-refractivity contribution in [2.45, 2.75) is 13.0 Å². The quantitative estimate of drug-likeness (QED) is 0.839. The fraction of sp³-hybridized carbons (Fsp3) is 0.167. The van der Waals surface area contributed by atoms with Crippen LogP contribution in [0.1, 0.15) is 15.9 Å². The molecule has 0 aliphatic carbocycles. The van der Waals surface area contributed by atoms with E-state index in [-0.39, 0.29) is 11.7 Å². The zero-order valence-corrected chi connectivity index (χ0v) is 14.6. The molecular formula is C18H16ClNO3S. The van der Waals surface area contributed by atoms with Crippen molar-refractivity contribution >= 4 is 33.0 Å². The molecular weight excluding hydrogens is 346 g/mol. The number of amides is 1. The standard InChI is InChI=1S/C18H16ClNO3S/c1-13-3-2-4-14(11-13)18(21)20(16-7-5-15(19)6-8-16)17-9-10-24(22,23)12-17/h2-11,17H,12H2,1H3. The maximum atomic E-state index is 13.0. The summed E-state index contributed by atoms with van der Waals surface area (Å²) in [6, 6.07) is 13.5. The lowest BCUT2D eigenvalue weighted by Gasteiger charge is -2.28. The van der Waals surface area contributed by atoms with E-state index in [0.717, 1.165) is 5.56 Å². The number of benzene rings is 2. The van der Waals surface area contributed by atoms with Gasteiger partial charge in [0.15, 0.2) is 9.84 Å². The lowest BCUT2D eigenvalue weighted by Crippen LogP contribution is -2.41. The monoisotopic (exact) mass is 361 g/mol. The first-order chi connectivity index (χ1) is 11.4. The van der Waals surface area contributed by atoms with Gasteiger partial charge in [0.05, 0.1) is 11.8 Å². The predicted molar refractivity (Wildman–Crippen MR) is 96.2 cm³/mol. The minimum atomic E-state index is -3.28. The molecule has 2 aromatic carbocycles. The van der Waals surface area contributed by atoms with Gasteiger partial charge in [0.25, 0.3) is 5.91 Å². The van der Waals surface area contributed by atoms with Gasteiger partial charge in [0.1, 0.15) is 0 Å². The number of anilines is 1. The average Bonchev–Trinajstić information content (AvgIpc) is 2.89. The molecule has 1 amide bonds. The molecule has 0 spiro atoms. The van der Waals surface area contributed by atoms with Crippen LogP contribution in [0.2, 0.25) is 5.02 Å².